The number of pyridine rings is 1. The highest BCUT2D eigenvalue weighted by atomic mass is 16.2. The van der Waals surface area contributed by atoms with Gasteiger partial charge in [-0.2, -0.15) is 0 Å². The zero-order valence-corrected chi connectivity index (χ0v) is 14.3. The van der Waals surface area contributed by atoms with Crippen molar-refractivity contribution < 1.29 is 4.79 Å². The van der Waals surface area contributed by atoms with E-state index in [4.69, 9.17) is 0 Å². The lowest BCUT2D eigenvalue weighted by molar-refractivity contribution is -0.122. The number of likely N-dealkylation sites (N-methyl/N-ethyl adjacent to an activating group) is 1. The Balaban J connectivity index is 1.47. The van der Waals surface area contributed by atoms with Gasteiger partial charge >= 0.3 is 0 Å². The molecule has 0 unspecified atom stereocenters. The summed E-state index contributed by atoms with van der Waals surface area (Å²) in [5.41, 5.74) is 5.25. The molecule has 3 rings (SSSR count). The summed E-state index contributed by atoms with van der Waals surface area (Å²) in [6, 6.07) is 10.6. The Labute approximate surface area is 143 Å². The van der Waals surface area contributed by atoms with Crippen LogP contribution in [0.25, 0.3) is 0 Å². The minimum atomic E-state index is 0.0547. The molecule has 0 fully saturated rings. The maximum absolute atomic E-state index is 12.1. The third-order valence-electron chi connectivity index (χ3n) is 4.49. The molecule has 1 aromatic heterocycles. The van der Waals surface area contributed by atoms with Gasteiger partial charge in [0, 0.05) is 25.5 Å². The molecule has 1 heterocycles. The summed E-state index contributed by atoms with van der Waals surface area (Å²) in [4.78, 5) is 18.2. The maximum atomic E-state index is 12.1. The highest BCUT2D eigenvalue weighted by molar-refractivity contribution is 5.77. The molecular formula is C20H25N3O. The van der Waals surface area contributed by atoms with Crippen molar-refractivity contribution in [1.29, 1.82) is 0 Å². The van der Waals surface area contributed by atoms with Crippen LogP contribution in [0.5, 0.6) is 0 Å². The third-order valence-corrected chi connectivity index (χ3v) is 4.49. The van der Waals surface area contributed by atoms with Gasteiger partial charge in [0.2, 0.25) is 5.91 Å². The number of hydrogen-bond donors (Lipinski definition) is 1. The van der Waals surface area contributed by atoms with Crippen LogP contribution < -0.4 is 5.32 Å². The second-order valence-corrected chi connectivity index (χ2v) is 6.62. The number of benzene rings is 1. The lowest BCUT2D eigenvalue weighted by atomic mass is 9.90. The summed E-state index contributed by atoms with van der Waals surface area (Å²) in [7, 11) is 1.95. The van der Waals surface area contributed by atoms with Crippen LogP contribution in [0, 0.1) is 0 Å². The molecule has 1 aliphatic carbocycles. The molecule has 0 spiro atoms. The molecule has 126 valence electrons. The fourth-order valence-electron chi connectivity index (χ4n) is 3.26. The number of fused-ring (bicyclic) bond motifs is 1. The average molecular weight is 323 g/mol. The average Bonchev–Trinajstić information content (AvgIpc) is 2.60. The van der Waals surface area contributed by atoms with Crippen LogP contribution in [0.1, 0.15) is 35.1 Å². The Morgan fingerprint density at radius 2 is 2.00 bits per heavy atom. The molecule has 0 saturated carbocycles. The minimum absolute atomic E-state index is 0.0547. The molecule has 1 amide bonds. The Morgan fingerprint density at radius 1 is 1.17 bits per heavy atom. The van der Waals surface area contributed by atoms with Gasteiger partial charge in [0.1, 0.15) is 0 Å². The molecule has 0 atom stereocenters. The predicted molar refractivity (Wildman–Crippen MR) is 95.5 cm³/mol. The van der Waals surface area contributed by atoms with Crippen LogP contribution in [0.4, 0.5) is 0 Å². The lowest BCUT2D eigenvalue weighted by Gasteiger charge is -2.18. The molecule has 1 aromatic carbocycles. The molecule has 0 bridgehead atoms. The summed E-state index contributed by atoms with van der Waals surface area (Å²) >= 11 is 0. The zero-order chi connectivity index (χ0) is 16.8. The third kappa shape index (κ3) is 4.65. The van der Waals surface area contributed by atoms with E-state index in [1.54, 1.807) is 6.20 Å². The molecule has 2 aromatic rings. The Morgan fingerprint density at radius 3 is 2.79 bits per heavy atom. The zero-order valence-electron chi connectivity index (χ0n) is 14.3. The molecule has 1 aliphatic rings. The number of amides is 1. The van der Waals surface area contributed by atoms with Crippen molar-refractivity contribution in [2.24, 2.45) is 0 Å². The van der Waals surface area contributed by atoms with E-state index >= 15 is 0 Å². The van der Waals surface area contributed by atoms with Crippen LogP contribution >= 0.6 is 0 Å². The van der Waals surface area contributed by atoms with Crippen molar-refractivity contribution in [3.63, 3.8) is 0 Å². The van der Waals surface area contributed by atoms with Crippen molar-refractivity contribution in [3.8, 4) is 0 Å². The van der Waals surface area contributed by atoms with Gasteiger partial charge in [0.25, 0.3) is 0 Å². The summed E-state index contributed by atoms with van der Waals surface area (Å²) in [6.45, 7) is 1.72. The minimum Gasteiger partial charge on any atom is -0.351 e. The molecule has 4 nitrogen and oxygen atoms in total. The van der Waals surface area contributed by atoms with Crippen LogP contribution in [0.15, 0.2) is 42.7 Å². The lowest BCUT2D eigenvalue weighted by Crippen LogP contribution is -2.34. The quantitative estimate of drug-likeness (QED) is 0.889. The van der Waals surface area contributed by atoms with Crippen LogP contribution in [-0.4, -0.2) is 29.4 Å². The Bertz CT molecular complexity index is 685. The maximum Gasteiger partial charge on any atom is 0.234 e. The normalized spacial score (nSPS) is 13.6. The summed E-state index contributed by atoms with van der Waals surface area (Å²) < 4.78 is 0. The van der Waals surface area contributed by atoms with Crippen molar-refractivity contribution in [2.45, 2.75) is 38.8 Å². The topological polar surface area (TPSA) is 45.2 Å². The largest absolute Gasteiger partial charge is 0.351 e. The molecule has 24 heavy (non-hydrogen) atoms. The van der Waals surface area contributed by atoms with Gasteiger partial charge in [0.15, 0.2) is 0 Å². The first-order valence-electron chi connectivity index (χ1n) is 8.65. The first-order chi connectivity index (χ1) is 11.7. The monoisotopic (exact) mass is 323 g/mol. The number of carbonyl (C=O) groups excluding carboxylic acids is 1. The van der Waals surface area contributed by atoms with E-state index in [1.165, 1.54) is 42.4 Å². The van der Waals surface area contributed by atoms with Gasteiger partial charge in [-0.1, -0.05) is 24.3 Å². The molecule has 0 aliphatic heterocycles. The van der Waals surface area contributed by atoms with Gasteiger partial charge in [0.05, 0.1) is 6.54 Å². The number of nitrogens with one attached hydrogen (secondary N) is 1. The SMILES string of the molecule is CN(CC(=O)NCc1ccc2c(c1)CCCC2)Cc1cccnc1. The molecule has 1 N–H and O–H groups in total. The molecule has 0 saturated heterocycles. The molecule has 0 radical (unpaired) electrons. The molecule has 4 heteroatoms. The smallest absolute Gasteiger partial charge is 0.234 e. The summed E-state index contributed by atoms with van der Waals surface area (Å²) in [6.07, 6.45) is 8.54. The number of aromatic nitrogens is 1. The van der Waals surface area contributed by atoms with E-state index < -0.39 is 0 Å². The van der Waals surface area contributed by atoms with E-state index in [2.05, 4.69) is 28.5 Å². The van der Waals surface area contributed by atoms with E-state index in [0.29, 0.717) is 13.1 Å². The van der Waals surface area contributed by atoms with Gasteiger partial charge < -0.3 is 5.32 Å². The number of hydrogen-bond acceptors (Lipinski definition) is 3. The van der Waals surface area contributed by atoms with Crippen LogP contribution in [-0.2, 0) is 30.7 Å². The van der Waals surface area contributed by atoms with Crippen molar-refractivity contribution >= 4 is 5.91 Å². The van der Waals surface area contributed by atoms with E-state index in [-0.39, 0.29) is 5.91 Å². The van der Waals surface area contributed by atoms with Crippen LogP contribution in [0.3, 0.4) is 0 Å². The Hall–Kier alpha value is -2.20. The number of carbonyl (C=O) groups is 1. The van der Waals surface area contributed by atoms with Gasteiger partial charge in [-0.05, 0) is 61.1 Å². The van der Waals surface area contributed by atoms with Gasteiger partial charge in [-0.15, -0.1) is 0 Å². The Kier molecular flexibility index (Phi) is 5.59. The second kappa shape index (κ2) is 8.06. The summed E-state index contributed by atoms with van der Waals surface area (Å²) in [5, 5.41) is 3.03. The highest BCUT2D eigenvalue weighted by Gasteiger charge is 2.11. The first kappa shape index (κ1) is 16.7. The van der Waals surface area contributed by atoms with Crippen molar-refractivity contribution in [3.05, 3.63) is 65.0 Å². The van der Waals surface area contributed by atoms with Gasteiger partial charge in [-0.25, -0.2) is 0 Å². The second-order valence-electron chi connectivity index (χ2n) is 6.62. The van der Waals surface area contributed by atoms with Crippen LogP contribution in [0.2, 0.25) is 0 Å². The first-order valence-corrected chi connectivity index (χ1v) is 8.65. The number of nitrogens with zero attached hydrogens (tertiary/aromatic N) is 2. The van der Waals surface area contributed by atoms with E-state index in [1.807, 2.05) is 30.3 Å². The molecular weight excluding hydrogens is 298 g/mol. The predicted octanol–water partition coefficient (Wildman–Crippen LogP) is 2.71. The van der Waals surface area contributed by atoms with Crippen molar-refractivity contribution in [2.75, 3.05) is 13.6 Å². The number of aryl methyl sites for hydroxylation is 2. The van der Waals surface area contributed by atoms with Gasteiger partial charge in [-0.3, -0.25) is 14.7 Å². The van der Waals surface area contributed by atoms with E-state index in [0.717, 1.165) is 12.1 Å². The highest BCUT2D eigenvalue weighted by Crippen LogP contribution is 2.22. The van der Waals surface area contributed by atoms with Crippen molar-refractivity contribution in [1.82, 2.24) is 15.2 Å². The standard InChI is InChI=1S/C20H25N3O/c1-23(14-17-5-4-10-21-12-17)15-20(24)22-13-16-8-9-18-6-2-3-7-19(18)11-16/h4-5,8-12H,2-3,6-7,13-15H2,1H3,(H,22,24). The fraction of sp³-hybridized carbons (Fsp3) is 0.400. The van der Waals surface area contributed by atoms with E-state index in [9.17, 15) is 4.79 Å². The fourth-order valence-corrected chi connectivity index (χ4v) is 3.26. The summed E-state index contributed by atoms with van der Waals surface area (Å²) in [5.74, 6) is 0.0547. The number of rotatable bonds is 6.